The Bertz CT molecular complexity index is 882. The van der Waals surface area contributed by atoms with E-state index in [4.69, 9.17) is 9.47 Å². The molecule has 2 rings (SSSR count). The summed E-state index contributed by atoms with van der Waals surface area (Å²) in [6.45, 7) is 1.51. The Balaban J connectivity index is 2.42. The summed E-state index contributed by atoms with van der Waals surface area (Å²) in [6.07, 6.45) is -4.79. The van der Waals surface area contributed by atoms with E-state index in [1.54, 1.807) is 18.2 Å². The molecular weight excluding hydrogens is 371 g/mol. The predicted molar refractivity (Wildman–Crippen MR) is 89.7 cm³/mol. The highest BCUT2D eigenvalue weighted by Gasteiger charge is 2.37. The smallest absolute Gasteiger partial charge is 0.417 e. The Morgan fingerprint density at radius 2 is 1.69 bits per heavy atom. The average Bonchev–Trinajstić information content (AvgIpc) is 2.60. The fraction of sp³-hybridized carbons (Fsp3) is 0.294. The number of hydrogen-bond donors (Lipinski definition) is 1. The third kappa shape index (κ3) is 4.28. The van der Waals surface area contributed by atoms with Gasteiger partial charge in [0, 0.05) is 11.6 Å². The lowest BCUT2D eigenvalue weighted by molar-refractivity contribution is -0.139. The minimum absolute atomic E-state index is 0.380. The van der Waals surface area contributed by atoms with Gasteiger partial charge in [0.15, 0.2) is 0 Å². The highest BCUT2D eigenvalue weighted by molar-refractivity contribution is 7.89. The van der Waals surface area contributed by atoms with Gasteiger partial charge >= 0.3 is 6.18 Å². The number of alkyl halides is 3. The lowest BCUT2D eigenvalue weighted by Gasteiger charge is -2.20. The quantitative estimate of drug-likeness (QED) is 0.817. The largest absolute Gasteiger partial charge is 0.497 e. The lowest BCUT2D eigenvalue weighted by Crippen LogP contribution is -2.29. The fourth-order valence-corrected chi connectivity index (χ4v) is 3.92. The Hall–Kier alpha value is -2.26. The second-order valence-electron chi connectivity index (χ2n) is 5.44. The second kappa shape index (κ2) is 7.55. The molecule has 1 unspecified atom stereocenters. The second-order valence-corrected chi connectivity index (χ2v) is 7.13. The van der Waals surface area contributed by atoms with Crippen LogP contribution >= 0.6 is 0 Å². The predicted octanol–water partition coefficient (Wildman–Crippen LogP) is 3.76. The zero-order chi connectivity index (χ0) is 19.5. The molecule has 0 aliphatic carbocycles. The molecule has 0 aliphatic heterocycles. The molecule has 1 N–H and O–H groups in total. The highest BCUT2D eigenvalue weighted by Crippen LogP contribution is 2.35. The van der Waals surface area contributed by atoms with E-state index in [0.29, 0.717) is 17.1 Å². The van der Waals surface area contributed by atoms with Crippen molar-refractivity contribution in [2.75, 3.05) is 14.2 Å². The summed E-state index contributed by atoms with van der Waals surface area (Å²) >= 11 is 0. The van der Waals surface area contributed by atoms with Crippen molar-refractivity contribution in [3.05, 3.63) is 53.6 Å². The Morgan fingerprint density at radius 3 is 2.27 bits per heavy atom. The van der Waals surface area contributed by atoms with Crippen LogP contribution in [0.2, 0.25) is 0 Å². The molecular formula is C17H18F3NO4S. The van der Waals surface area contributed by atoms with Crippen molar-refractivity contribution in [2.45, 2.75) is 24.0 Å². The summed E-state index contributed by atoms with van der Waals surface area (Å²) in [5, 5.41) is 0. The van der Waals surface area contributed by atoms with Crippen molar-refractivity contribution in [3.63, 3.8) is 0 Å². The summed E-state index contributed by atoms with van der Waals surface area (Å²) in [4.78, 5) is -0.832. The van der Waals surface area contributed by atoms with E-state index in [-0.39, 0.29) is 0 Å². The van der Waals surface area contributed by atoms with E-state index in [1.165, 1.54) is 27.2 Å². The fourth-order valence-electron chi connectivity index (χ4n) is 2.47. The maximum absolute atomic E-state index is 13.1. The van der Waals surface area contributed by atoms with Crippen molar-refractivity contribution in [3.8, 4) is 11.5 Å². The molecule has 2 aromatic rings. The number of halogens is 3. The molecule has 1 atom stereocenters. The summed E-state index contributed by atoms with van der Waals surface area (Å²) in [6, 6.07) is 7.93. The van der Waals surface area contributed by atoms with E-state index in [9.17, 15) is 21.6 Å². The molecule has 0 saturated heterocycles. The number of methoxy groups -OCH3 is 2. The molecule has 0 heterocycles. The van der Waals surface area contributed by atoms with Crippen LogP contribution in [0.15, 0.2) is 47.4 Å². The van der Waals surface area contributed by atoms with Crippen LogP contribution in [-0.4, -0.2) is 22.6 Å². The third-order valence-electron chi connectivity index (χ3n) is 3.72. The summed E-state index contributed by atoms with van der Waals surface area (Å²) < 4.78 is 77.1. The van der Waals surface area contributed by atoms with Crippen LogP contribution in [0, 0.1) is 0 Å². The van der Waals surface area contributed by atoms with Gasteiger partial charge in [-0.3, -0.25) is 0 Å². The molecule has 5 nitrogen and oxygen atoms in total. The SMILES string of the molecule is COc1ccc(OC)c(C(C)NS(=O)(=O)c2ccccc2C(F)(F)F)c1. The molecule has 0 fully saturated rings. The first-order valence-electron chi connectivity index (χ1n) is 7.50. The molecule has 0 amide bonds. The minimum atomic E-state index is -4.79. The van der Waals surface area contributed by atoms with Crippen LogP contribution in [0.25, 0.3) is 0 Å². The molecule has 0 spiro atoms. The Labute approximate surface area is 149 Å². The summed E-state index contributed by atoms with van der Waals surface area (Å²) in [7, 11) is -1.58. The van der Waals surface area contributed by atoms with Crippen molar-refractivity contribution in [1.29, 1.82) is 0 Å². The zero-order valence-electron chi connectivity index (χ0n) is 14.3. The van der Waals surface area contributed by atoms with E-state index >= 15 is 0 Å². The summed E-state index contributed by atoms with van der Waals surface area (Å²) in [5.41, 5.74) is -0.794. The first kappa shape index (κ1) is 20.1. The number of rotatable bonds is 6. The van der Waals surface area contributed by atoms with Crippen molar-refractivity contribution < 1.29 is 31.1 Å². The zero-order valence-corrected chi connectivity index (χ0v) is 15.1. The lowest BCUT2D eigenvalue weighted by atomic mass is 10.1. The van der Waals surface area contributed by atoms with Gasteiger partial charge in [0.1, 0.15) is 11.5 Å². The van der Waals surface area contributed by atoms with Gasteiger partial charge in [-0.25, -0.2) is 13.1 Å². The molecule has 0 radical (unpaired) electrons. The molecule has 26 heavy (non-hydrogen) atoms. The van der Waals surface area contributed by atoms with Gasteiger partial charge in [-0.15, -0.1) is 0 Å². The number of sulfonamides is 1. The van der Waals surface area contributed by atoms with E-state index in [0.717, 1.165) is 18.2 Å². The van der Waals surface area contributed by atoms with E-state index in [2.05, 4.69) is 4.72 Å². The number of ether oxygens (including phenoxy) is 2. The first-order valence-corrected chi connectivity index (χ1v) is 8.99. The van der Waals surface area contributed by atoms with Gasteiger partial charge in [-0.2, -0.15) is 13.2 Å². The molecule has 0 aromatic heterocycles. The number of benzene rings is 2. The van der Waals surface area contributed by atoms with Gasteiger partial charge in [-0.1, -0.05) is 12.1 Å². The third-order valence-corrected chi connectivity index (χ3v) is 5.32. The Kier molecular flexibility index (Phi) is 5.82. The van der Waals surface area contributed by atoms with E-state index in [1.807, 2.05) is 0 Å². The normalized spacial score (nSPS) is 13.3. The first-order chi connectivity index (χ1) is 12.1. The van der Waals surface area contributed by atoms with Gasteiger partial charge in [0.25, 0.3) is 0 Å². The summed E-state index contributed by atoms with van der Waals surface area (Å²) in [5.74, 6) is 0.840. The molecule has 0 bridgehead atoms. The molecule has 0 aliphatic rings. The maximum Gasteiger partial charge on any atom is 0.417 e. The van der Waals surface area contributed by atoms with Crippen LogP contribution < -0.4 is 14.2 Å². The van der Waals surface area contributed by atoms with Crippen molar-refractivity contribution >= 4 is 10.0 Å². The highest BCUT2D eigenvalue weighted by atomic mass is 32.2. The van der Waals surface area contributed by atoms with E-state index < -0.39 is 32.7 Å². The van der Waals surface area contributed by atoms with Gasteiger partial charge in [-0.05, 0) is 37.3 Å². The van der Waals surface area contributed by atoms with Crippen molar-refractivity contribution in [1.82, 2.24) is 4.72 Å². The topological polar surface area (TPSA) is 64.6 Å². The maximum atomic E-state index is 13.1. The Morgan fingerprint density at radius 1 is 1.04 bits per heavy atom. The van der Waals surface area contributed by atoms with Crippen LogP contribution in [0.3, 0.4) is 0 Å². The van der Waals surface area contributed by atoms with Gasteiger partial charge in [0.05, 0.1) is 24.7 Å². The van der Waals surface area contributed by atoms with Crippen molar-refractivity contribution in [2.24, 2.45) is 0 Å². The molecule has 0 saturated carbocycles. The van der Waals surface area contributed by atoms with Gasteiger partial charge < -0.3 is 9.47 Å². The molecule has 2 aromatic carbocycles. The molecule has 9 heteroatoms. The standard InChI is InChI=1S/C17H18F3NO4S/c1-11(13-10-12(24-2)8-9-15(13)25-3)21-26(22,23)16-7-5-4-6-14(16)17(18,19)20/h4-11,21H,1-3H3. The minimum Gasteiger partial charge on any atom is -0.497 e. The van der Waals surface area contributed by atoms with Gasteiger partial charge in [0.2, 0.25) is 10.0 Å². The number of hydrogen-bond acceptors (Lipinski definition) is 4. The monoisotopic (exact) mass is 389 g/mol. The number of nitrogens with one attached hydrogen (secondary N) is 1. The van der Waals surface area contributed by atoms with Crippen LogP contribution in [-0.2, 0) is 16.2 Å². The molecule has 142 valence electrons. The average molecular weight is 389 g/mol. The van der Waals surface area contributed by atoms with Crippen LogP contribution in [0.1, 0.15) is 24.1 Å². The van der Waals surface area contributed by atoms with Crippen LogP contribution in [0.5, 0.6) is 11.5 Å². The van der Waals surface area contributed by atoms with Crippen LogP contribution in [0.4, 0.5) is 13.2 Å².